The van der Waals surface area contributed by atoms with Gasteiger partial charge in [-0.15, -0.1) is 0 Å². The molecule has 0 unspecified atom stereocenters. The Hall–Kier alpha value is -3.69. The highest BCUT2D eigenvalue weighted by Crippen LogP contribution is 2.31. The molecule has 7 nitrogen and oxygen atoms in total. The minimum absolute atomic E-state index is 0.143. The van der Waals surface area contributed by atoms with E-state index < -0.39 is 34.9 Å². The number of halogens is 3. The molecule has 3 aromatic rings. The van der Waals surface area contributed by atoms with Gasteiger partial charge in [-0.2, -0.15) is 13.2 Å². The van der Waals surface area contributed by atoms with Crippen LogP contribution in [0.2, 0.25) is 0 Å². The molecule has 10 heteroatoms. The van der Waals surface area contributed by atoms with Crippen LogP contribution in [-0.4, -0.2) is 26.9 Å². The van der Waals surface area contributed by atoms with Crippen LogP contribution < -0.4 is 4.74 Å². The van der Waals surface area contributed by atoms with Gasteiger partial charge < -0.3 is 19.4 Å². The number of alkyl halides is 3. The molecule has 0 aliphatic carbocycles. The van der Waals surface area contributed by atoms with E-state index in [2.05, 4.69) is 4.98 Å². The summed E-state index contributed by atoms with van der Waals surface area (Å²) in [6.45, 7) is 4.37. The summed E-state index contributed by atoms with van der Waals surface area (Å²) in [5.74, 6) is -1.11. The molecule has 31 heavy (non-hydrogen) atoms. The Morgan fingerprint density at radius 1 is 1.16 bits per heavy atom. The van der Waals surface area contributed by atoms with Crippen LogP contribution in [0.5, 0.6) is 5.75 Å². The number of rotatable bonds is 6. The van der Waals surface area contributed by atoms with Crippen molar-refractivity contribution in [1.29, 1.82) is 0 Å². The van der Waals surface area contributed by atoms with Crippen LogP contribution in [-0.2, 0) is 6.18 Å². The maximum Gasteiger partial charge on any atom is 0.416 e. The van der Waals surface area contributed by atoms with Crippen molar-refractivity contribution in [1.82, 2.24) is 9.55 Å². The van der Waals surface area contributed by atoms with Gasteiger partial charge >= 0.3 is 12.0 Å². The second kappa shape index (κ2) is 8.21. The number of Topliss-reactive ketones (excluding diaryl/α,β-unsaturated/α-hetero) is 1. The van der Waals surface area contributed by atoms with E-state index in [1.807, 2.05) is 0 Å². The Labute approximate surface area is 175 Å². The van der Waals surface area contributed by atoms with Gasteiger partial charge in [-0.05, 0) is 60.2 Å². The Morgan fingerprint density at radius 3 is 2.52 bits per heavy atom. The second-order valence-electron chi connectivity index (χ2n) is 6.91. The number of nitro groups is 1. The Kier molecular flexibility index (Phi) is 5.83. The molecule has 0 bridgehead atoms. The maximum atomic E-state index is 13.1. The highest BCUT2D eigenvalue weighted by molar-refractivity contribution is 5.98. The van der Waals surface area contributed by atoms with Gasteiger partial charge in [-0.3, -0.25) is 4.79 Å². The average Bonchev–Trinajstić information content (AvgIpc) is 3.00. The average molecular weight is 433 g/mol. The number of aromatic nitrogens is 2. The van der Waals surface area contributed by atoms with Gasteiger partial charge in [0.25, 0.3) is 0 Å². The number of carbonyl (C=O) groups excluding carboxylic acids is 1. The number of aryl methyl sites for hydroxylation is 2. The van der Waals surface area contributed by atoms with E-state index in [-0.39, 0.29) is 17.0 Å². The van der Waals surface area contributed by atoms with E-state index in [4.69, 9.17) is 4.74 Å². The Morgan fingerprint density at radius 2 is 1.87 bits per heavy atom. The first-order valence-corrected chi connectivity index (χ1v) is 9.13. The second-order valence-corrected chi connectivity index (χ2v) is 6.91. The molecule has 0 amide bonds. The van der Waals surface area contributed by atoms with Crippen LogP contribution in [0.25, 0.3) is 5.69 Å². The topological polar surface area (TPSA) is 87.3 Å². The zero-order valence-electron chi connectivity index (χ0n) is 16.9. The van der Waals surface area contributed by atoms with Crippen molar-refractivity contribution in [3.63, 3.8) is 0 Å². The molecule has 2 heterocycles. The quantitative estimate of drug-likeness (QED) is 0.311. The number of ether oxygens (including phenoxy) is 1. The molecule has 0 N–H and O–H groups in total. The molecule has 0 atom stereocenters. The fourth-order valence-corrected chi connectivity index (χ4v) is 3.26. The summed E-state index contributed by atoms with van der Waals surface area (Å²) < 4.78 is 46.1. The van der Waals surface area contributed by atoms with E-state index in [0.29, 0.717) is 17.1 Å². The van der Waals surface area contributed by atoms with E-state index in [9.17, 15) is 28.1 Å². The van der Waals surface area contributed by atoms with Gasteiger partial charge in [0, 0.05) is 29.6 Å². The van der Waals surface area contributed by atoms with Crippen molar-refractivity contribution in [2.24, 2.45) is 0 Å². The maximum absolute atomic E-state index is 13.1. The van der Waals surface area contributed by atoms with Gasteiger partial charge in [0.1, 0.15) is 5.69 Å². The van der Waals surface area contributed by atoms with Crippen molar-refractivity contribution < 1.29 is 27.6 Å². The number of pyridine rings is 1. The van der Waals surface area contributed by atoms with Crippen molar-refractivity contribution in [3.8, 4) is 11.4 Å². The molecule has 0 aliphatic heterocycles. The Balaban J connectivity index is 1.88. The van der Waals surface area contributed by atoms with Crippen LogP contribution in [0.15, 0.2) is 42.5 Å². The van der Waals surface area contributed by atoms with Gasteiger partial charge in [0.2, 0.25) is 11.5 Å². The van der Waals surface area contributed by atoms with Gasteiger partial charge in [0.15, 0.2) is 6.61 Å². The number of carbonyl (C=O) groups is 1. The number of ketones is 1. The summed E-state index contributed by atoms with van der Waals surface area (Å²) >= 11 is 0. The van der Waals surface area contributed by atoms with Crippen LogP contribution in [0.1, 0.15) is 33.0 Å². The van der Waals surface area contributed by atoms with Gasteiger partial charge in [0.05, 0.1) is 5.56 Å². The molecule has 0 radical (unpaired) electrons. The summed E-state index contributed by atoms with van der Waals surface area (Å²) in [5, 5.41) is 11.1. The molecule has 2 aromatic heterocycles. The standard InChI is InChI=1S/C21H18F3N3O4/c1-12-7-8-19(20(25-12)27(29)30)31-11-18(28)17-9-13(2)26(14(17)3)16-6-4-5-15(10-16)21(22,23)24/h4-10H,11H2,1-3H3. The molecule has 3 rings (SSSR count). The molecule has 1 aromatic carbocycles. The largest absolute Gasteiger partial charge is 0.477 e. The van der Waals surface area contributed by atoms with Gasteiger partial charge in [-0.25, -0.2) is 0 Å². The number of hydrogen-bond acceptors (Lipinski definition) is 5. The molecular weight excluding hydrogens is 415 g/mol. The summed E-state index contributed by atoms with van der Waals surface area (Å²) in [6, 6.07) is 9.22. The van der Waals surface area contributed by atoms with Crippen LogP contribution in [0, 0.1) is 30.9 Å². The molecule has 0 saturated carbocycles. The highest BCUT2D eigenvalue weighted by atomic mass is 19.4. The highest BCUT2D eigenvalue weighted by Gasteiger charge is 2.31. The predicted molar refractivity (Wildman–Crippen MR) is 106 cm³/mol. The molecular formula is C21H18F3N3O4. The lowest BCUT2D eigenvalue weighted by atomic mass is 10.1. The lowest BCUT2D eigenvalue weighted by molar-refractivity contribution is -0.390. The summed E-state index contributed by atoms with van der Waals surface area (Å²) in [4.78, 5) is 26.9. The van der Waals surface area contributed by atoms with Crippen molar-refractivity contribution in [2.75, 3.05) is 6.61 Å². The minimum atomic E-state index is -4.49. The van der Waals surface area contributed by atoms with E-state index in [0.717, 1.165) is 12.1 Å². The Bertz CT molecular complexity index is 1170. The lowest BCUT2D eigenvalue weighted by Gasteiger charge is -2.13. The zero-order chi connectivity index (χ0) is 22.9. The molecule has 0 fully saturated rings. The van der Waals surface area contributed by atoms with E-state index >= 15 is 0 Å². The first-order chi connectivity index (χ1) is 14.5. The molecule has 0 saturated heterocycles. The molecule has 0 aliphatic rings. The number of hydrogen-bond donors (Lipinski definition) is 0. The summed E-state index contributed by atoms with van der Waals surface area (Å²) in [5.41, 5.74) is 1.13. The first kappa shape index (κ1) is 22.0. The third kappa shape index (κ3) is 4.57. The summed E-state index contributed by atoms with van der Waals surface area (Å²) in [6.07, 6.45) is -4.49. The third-order valence-corrected chi connectivity index (χ3v) is 4.67. The number of nitrogens with zero attached hydrogens (tertiary/aromatic N) is 3. The van der Waals surface area contributed by atoms with Crippen LogP contribution >= 0.6 is 0 Å². The SMILES string of the molecule is Cc1ccc(OCC(=O)c2cc(C)n(-c3cccc(C(F)(F)F)c3)c2C)c([N+](=O)[O-])n1. The zero-order valence-corrected chi connectivity index (χ0v) is 16.9. The van der Waals surface area contributed by atoms with Crippen LogP contribution in [0.4, 0.5) is 19.0 Å². The van der Waals surface area contributed by atoms with Crippen molar-refractivity contribution in [2.45, 2.75) is 26.9 Å². The van der Waals surface area contributed by atoms with E-state index in [1.54, 1.807) is 31.4 Å². The van der Waals surface area contributed by atoms with Crippen LogP contribution in [0.3, 0.4) is 0 Å². The fraction of sp³-hybridized carbons (Fsp3) is 0.238. The predicted octanol–water partition coefficient (Wildman–Crippen LogP) is 4.99. The number of benzene rings is 1. The first-order valence-electron chi connectivity index (χ1n) is 9.13. The van der Waals surface area contributed by atoms with E-state index in [1.165, 1.54) is 24.3 Å². The van der Waals surface area contributed by atoms with Gasteiger partial charge in [-0.1, -0.05) is 6.07 Å². The smallest absolute Gasteiger partial charge is 0.416 e. The monoisotopic (exact) mass is 433 g/mol. The summed E-state index contributed by atoms with van der Waals surface area (Å²) in [7, 11) is 0. The molecule has 0 spiro atoms. The third-order valence-electron chi connectivity index (χ3n) is 4.67. The van der Waals surface area contributed by atoms with Crippen molar-refractivity contribution in [3.05, 3.63) is 80.8 Å². The van der Waals surface area contributed by atoms with Crippen molar-refractivity contribution >= 4 is 11.6 Å². The fourth-order valence-electron chi connectivity index (χ4n) is 3.26. The lowest BCUT2D eigenvalue weighted by Crippen LogP contribution is -2.14. The minimum Gasteiger partial charge on any atom is -0.477 e. The molecule has 162 valence electrons. The normalized spacial score (nSPS) is 11.4.